The predicted octanol–water partition coefficient (Wildman–Crippen LogP) is 3.38. The predicted molar refractivity (Wildman–Crippen MR) is 140 cm³/mol. The van der Waals surface area contributed by atoms with Crippen molar-refractivity contribution in [2.45, 2.75) is 51.4 Å². The maximum absolute atomic E-state index is 13.0. The zero-order valence-corrected chi connectivity index (χ0v) is 21.5. The summed E-state index contributed by atoms with van der Waals surface area (Å²) in [5, 5.41) is 12.4. The molecule has 2 amide bonds. The SMILES string of the molecule is [2H]C([2H])([2H])n1c(=O)oc2ccc(-c3ccc(C[C@@H](C#N)NC(=O)[C@@H]4CN(C(=O)OC(C)(C)C)CCCO4)cc3)cc21. The molecule has 0 bridgehead atoms. The molecule has 3 aromatic rings. The van der Waals surface area contributed by atoms with Crippen LogP contribution in [0.3, 0.4) is 0 Å². The Hall–Kier alpha value is -4.10. The van der Waals surface area contributed by atoms with Crippen molar-refractivity contribution in [1.82, 2.24) is 14.8 Å². The summed E-state index contributed by atoms with van der Waals surface area (Å²) in [7, 11) is 0. The van der Waals surface area contributed by atoms with E-state index in [-0.39, 0.29) is 24.1 Å². The lowest BCUT2D eigenvalue weighted by molar-refractivity contribution is -0.133. The van der Waals surface area contributed by atoms with E-state index in [1.165, 1.54) is 4.90 Å². The van der Waals surface area contributed by atoms with E-state index in [1.54, 1.807) is 63.2 Å². The second-order valence-corrected chi connectivity index (χ2v) is 10.1. The summed E-state index contributed by atoms with van der Waals surface area (Å²) >= 11 is 0. The van der Waals surface area contributed by atoms with E-state index < -0.39 is 42.5 Å². The Kier molecular flexibility index (Phi) is 6.74. The molecule has 1 saturated heterocycles. The number of fused-ring (bicyclic) bond motifs is 1. The van der Waals surface area contributed by atoms with Crippen molar-refractivity contribution < 1.29 is 27.6 Å². The molecule has 2 atom stereocenters. The van der Waals surface area contributed by atoms with Gasteiger partial charge in [-0.1, -0.05) is 30.3 Å². The molecule has 10 nitrogen and oxygen atoms in total. The first-order chi connectivity index (χ1) is 19.2. The Morgan fingerprint density at radius 3 is 2.66 bits per heavy atom. The zero-order chi connectivity index (χ0) is 29.9. The average molecular weight is 524 g/mol. The van der Waals surface area contributed by atoms with Crippen LogP contribution in [-0.2, 0) is 27.7 Å². The van der Waals surface area contributed by atoms with Crippen LogP contribution in [0.1, 0.15) is 36.9 Å². The summed E-state index contributed by atoms with van der Waals surface area (Å²) in [5.74, 6) is -1.44. The van der Waals surface area contributed by atoms with Crippen molar-refractivity contribution in [1.29, 1.82) is 5.26 Å². The fourth-order valence-electron chi connectivity index (χ4n) is 4.13. The molecule has 1 N–H and O–H groups in total. The second-order valence-electron chi connectivity index (χ2n) is 10.1. The van der Waals surface area contributed by atoms with E-state index >= 15 is 0 Å². The van der Waals surface area contributed by atoms with Crippen molar-refractivity contribution in [2.75, 3.05) is 19.7 Å². The van der Waals surface area contributed by atoms with Gasteiger partial charge in [-0.25, -0.2) is 9.59 Å². The molecule has 2 aromatic carbocycles. The molecule has 0 aliphatic carbocycles. The quantitative estimate of drug-likeness (QED) is 0.543. The van der Waals surface area contributed by atoms with Crippen LogP contribution in [0.25, 0.3) is 22.2 Å². The third-order valence-corrected chi connectivity index (χ3v) is 6.00. The van der Waals surface area contributed by atoms with E-state index in [1.807, 2.05) is 0 Å². The minimum absolute atomic E-state index is 0.0181. The van der Waals surface area contributed by atoms with Crippen LogP contribution in [0.2, 0.25) is 0 Å². The Morgan fingerprint density at radius 2 is 1.97 bits per heavy atom. The molecule has 10 heteroatoms. The first kappa shape index (κ1) is 23.0. The number of benzene rings is 2. The second kappa shape index (κ2) is 11.1. The monoisotopic (exact) mass is 523 g/mol. The first-order valence-electron chi connectivity index (χ1n) is 13.8. The number of nitriles is 1. The van der Waals surface area contributed by atoms with Gasteiger partial charge in [0.1, 0.15) is 11.6 Å². The number of hydrogen-bond acceptors (Lipinski definition) is 7. The van der Waals surface area contributed by atoms with Gasteiger partial charge in [0.25, 0.3) is 5.91 Å². The normalized spacial score (nSPS) is 18.4. The summed E-state index contributed by atoms with van der Waals surface area (Å²) in [6, 6.07) is 13.3. The van der Waals surface area contributed by atoms with Gasteiger partial charge < -0.3 is 24.1 Å². The van der Waals surface area contributed by atoms with Gasteiger partial charge in [-0.3, -0.25) is 9.36 Å². The minimum atomic E-state index is -2.68. The molecule has 2 heterocycles. The first-order valence-corrected chi connectivity index (χ1v) is 12.3. The number of amides is 2. The molecule has 200 valence electrons. The van der Waals surface area contributed by atoms with Gasteiger partial charge in [-0.15, -0.1) is 0 Å². The Bertz CT molecular complexity index is 1520. The largest absolute Gasteiger partial charge is 0.444 e. The lowest BCUT2D eigenvalue weighted by Crippen LogP contribution is -2.48. The molecule has 1 aromatic heterocycles. The highest BCUT2D eigenvalue weighted by atomic mass is 16.6. The summed E-state index contributed by atoms with van der Waals surface area (Å²) in [4.78, 5) is 39.0. The Morgan fingerprint density at radius 1 is 1.24 bits per heavy atom. The third-order valence-electron chi connectivity index (χ3n) is 6.00. The number of rotatable bonds is 5. The number of nitrogens with one attached hydrogen (secondary N) is 1. The molecule has 0 radical (unpaired) electrons. The molecule has 1 fully saturated rings. The molecule has 0 saturated carbocycles. The smallest absolute Gasteiger partial charge is 0.419 e. The van der Waals surface area contributed by atoms with E-state index in [0.29, 0.717) is 29.7 Å². The van der Waals surface area contributed by atoms with Crippen LogP contribution < -0.4 is 11.1 Å². The maximum Gasteiger partial charge on any atom is 0.419 e. The van der Waals surface area contributed by atoms with Crippen LogP contribution in [0.4, 0.5) is 4.79 Å². The van der Waals surface area contributed by atoms with Gasteiger partial charge in [0.15, 0.2) is 11.7 Å². The Balaban J connectivity index is 1.42. The van der Waals surface area contributed by atoms with Gasteiger partial charge in [-0.2, -0.15) is 5.26 Å². The third kappa shape index (κ3) is 6.42. The summed E-state index contributed by atoms with van der Waals surface area (Å²) < 4.78 is 39.7. The number of nitrogens with zero attached hydrogens (tertiary/aromatic N) is 3. The number of aromatic nitrogens is 1. The number of aryl methyl sites for hydroxylation is 1. The summed E-state index contributed by atoms with van der Waals surface area (Å²) in [6.07, 6.45) is -0.678. The van der Waals surface area contributed by atoms with Crippen molar-refractivity contribution in [3.8, 4) is 17.2 Å². The molecule has 38 heavy (non-hydrogen) atoms. The fraction of sp³-hybridized carbons (Fsp3) is 0.429. The lowest BCUT2D eigenvalue weighted by atomic mass is 10.0. The van der Waals surface area contributed by atoms with E-state index in [9.17, 15) is 19.6 Å². The number of oxazole rings is 1. The molecular formula is C28H32N4O6. The lowest BCUT2D eigenvalue weighted by Gasteiger charge is -2.27. The number of carbonyl (C=O) groups excluding carboxylic acids is 2. The van der Waals surface area contributed by atoms with Gasteiger partial charge in [-0.05, 0) is 56.0 Å². The fourth-order valence-corrected chi connectivity index (χ4v) is 4.13. The van der Waals surface area contributed by atoms with Crippen molar-refractivity contribution in [3.63, 3.8) is 0 Å². The van der Waals surface area contributed by atoms with Gasteiger partial charge in [0, 0.05) is 30.7 Å². The van der Waals surface area contributed by atoms with Crippen LogP contribution in [0.15, 0.2) is 51.7 Å². The number of hydrogen-bond donors (Lipinski definition) is 1. The maximum atomic E-state index is 13.0. The van der Waals surface area contributed by atoms with Gasteiger partial charge in [0.05, 0.1) is 18.1 Å². The highest BCUT2D eigenvalue weighted by molar-refractivity contribution is 5.83. The molecule has 4 rings (SSSR count). The highest BCUT2D eigenvalue weighted by Crippen LogP contribution is 2.24. The van der Waals surface area contributed by atoms with Crippen LogP contribution >= 0.6 is 0 Å². The van der Waals surface area contributed by atoms with Crippen molar-refractivity contribution >= 4 is 23.1 Å². The Labute approximate surface area is 224 Å². The van der Waals surface area contributed by atoms with E-state index in [4.69, 9.17) is 18.0 Å². The van der Waals surface area contributed by atoms with E-state index in [0.717, 1.165) is 11.1 Å². The topological polar surface area (TPSA) is 127 Å². The van der Waals surface area contributed by atoms with Crippen molar-refractivity contribution in [2.24, 2.45) is 6.98 Å². The molecule has 1 aliphatic heterocycles. The van der Waals surface area contributed by atoms with Gasteiger partial charge >= 0.3 is 11.8 Å². The van der Waals surface area contributed by atoms with Gasteiger partial charge in [0.2, 0.25) is 0 Å². The van der Waals surface area contributed by atoms with Crippen LogP contribution in [0.5, 0.6) is 0 Å². The minimum Gasteiger partial charge on any atom is -0.444 e. The average Bonchev–Trinajstić information content (AvgIpc) is 3.05. The number of ether oxygens (including phenoxy) is 2. The highest BCUT2D eigenvalue weighted by Gasteiger charge is 2.31. The molecule has 0 spiro atoms. The van der Waals surface area contributed by atoms with Crippen LogP contribution in [-0.4, -0.2) is 58.9 Å². The van der Waals surface area contributed by atoms with Crippen molar-refractivity contribution in [3.05, 3.63) is 58.6 Å². The standard InChI is InChI=1S/C28H32N4O6/c1-28(2,3)38-27(35)32-12-5-13-36-24(17-32)25(33)30-21(16-29)14-18-6-8-19(9-7-18)20-10-11-23-22(15-20)31(4)26(34)37-23/h6-11,15,21,24H,5,12-14,17H2,1-4H3,(H,30,33)/t21-,24-/m0/s1/i4D3. The molecule has 1 aliphatic rings. The van der Waals surface area contributed by atoms with Crippen LogP contribution in [0, 0.1) is 11.3 Å². The molecular weight excluding hydrogens is 488 g/mol. The summed E-state index contributed by atoms with van der Waals surface area (Å²) in [6.45, 7) is 3.33. The molecule has 0 unspecified atom stereocenters. The number of carbonyl (C=O) groups is 2. The summed E-state index contributed by atoms with van der Waals surface area (Å²) in [5.41, 5.74) is 1.87. The zero-order valence-electron chi connectivity index (χ0n) is 24.5. The van der Waals surface area contributed by atoms with E-state index in [2.05, 4.69) is 11.4 Å².